The lowest BCUT2D eigenvalue weighted by atomic mass is 10.1. The molecule has 0 saturated carbocycles. The van der Waals surface area contributed by atoms with Crippen molar-refractivity contribution in [3.8, 4) is 0 Å². The van der Waals surface area contributed by atoms with Crippen LogP contribution in [0.15, 0.2) is 24.3 Å². The molecule has 3 nitrogen and oxygen atoms in total. The van der Waals surface area contributed by atoms with Gasteiger partial charge in [-0.05, 0) is 25.7 Å². The Balaban J connectivity index is 1.87. The van der Waals surface area contributed by atoms with Crippen LogP contribution >= 0.6 is 0 Å². The monoisotopic (exact) mass is 294 g/mol. The van der Waals surface area contributed by atoms with Crippen LogP contribution < -0.4 is 0 Å². The van der Waals surface area contributed by atoms with Crippen molar-refractivity contribution in [3.05, 3.63) is 24.3 Å². The molecule has 3 heteroatoms. The van der Waals surface area contributed by atoms with Gasteiger partial charge in [0.25, 0.3) is 0 Å². The van der Waals surface area contributed by atoms with Gasteiger partial charge in [0.1, 0.15) is 0 Å². The predicted molar refractivity (Wildman–Crippen MR) is 86.4 cm³/mol. The topological polar surface area (TPSA) is 49.8 Å². The maximum atomic E-state index is 10.2. The normalized spacial score (nSPS) is 21.4. The molecule has 1 fully saturated rings. The molecule has 0 spiro atoms. The third kappa shape index (κ3) is 10.3. The zero-order valence-electron chi connectivity index (χ0n) is 13.3. The minimum absolute atomic E-state index is 0.489. The third-order valence-electron chi connectivity index (χ3n) is 3.88. The summed E-state index contributed by atoms with van der Waals surface area (Å²) in [5, 5.41) is 8.42. The van der Waals surface area contributed by atoms with E-state index in [2.05, 4.69) is 6.92 Å². The number of carboxylic acids is 1. The Morgan fingerprint density at radius 2 is 1.67 bits per heavy atom. The number of allylic oxidation sites excluding steroid dienone is 3. The van der Waals surface area contributed by atoms with Gasteiger partial charge in [-0.15, -0.1) is 0 Å². The molecule has 0 aromatic heterocycles. The maximum Gasteiger partial charge on any atom is 0.328 e. The largest absolute Gasteiger partial charge is 0.478 e. The summed E-state index contributed by atoms with van der Waals surface area (Å²) in [5.74, 6) is -0.899. The number of rotatable bonds is 13. The molecule has 0 aromatic rings. The number of ether oxygens (including phenoxy) is 1. The van der Waals surface area contributed by atoms with Gasteiger partial charge in [0.15, 0.2) is 0 Å². The molecule has 2 atom stereocenters. The Morgan fingerprint density at radius 3 is 2.38 bits per heavy atom. The number of aliphatic carboxylic acids is 1. The summed E-state index contributed by atoms with van der Waals surface area (Å²) in [7, 11) is 0. The zero-order valence-corrected chi connectivity index (χ0v) is 13.3. The Hall–Kier alpha value is -1.09. The first-order valence-electron chi connectivity index (χ1n) is 8.45. The summed E-state index contributed by atoms with van der Waals surface area (Å²) in [6.45, 7) is 2.25. The van der Waals surface area contributed by atoms with Crippen molar-refractivity contribution in [1.29, 1.82) is 0 Å². The highest BCUT2D eigenvalue weighted by Gasteiger charge is 2.36. The number of carboxylic acid groups (broad SMARTS) is 1. The van der Waals surface area contributed by atoms with Crippen LogP contribution in [0.2, 0.25) is 0 Å². The Bertz CT molecular complexity index is 333. The average Bonchev–Trinajstić information content (AvgIpc) is 3.20. The minimum Gasteiger partial charge on any atom is -0.478 e. The van der Waals surface area contributed by atoms with Crippen molar-refractivity contribution < 1.29 is 14.6 Å². The van der Waals surface area contributed by atoms with Crippen LogP contribution in [-0.4, -0.2) is 23.3 Å². The van der Waals surface area contributed by atoms with Gasteiger partial charge in [0.05, 0.1) is 12.2 Å². The highest BCUT2D eigenvalue weighted by molar-refractivity contribution is 5.80. The molecule has 0 amide bonds. The molecule has 1 aliphatic heterocycles. The zero-order chi connectivity index (χ0) is 15.3. The Morgan fingerprint density at radius 1 is 1.00 bits per heavy atom. The third-order valence-corrected chi connectivity index (χ3v) is 3.88. The van der Waals surface area contributed by atoms with E-state index in [-0.39, 0.29) is 0 Å². The van der Waals surface area contributed by atoms with E-state index in [0.717, 1.165) is 25.3 Å². The standard InChI is InChI=1S/C18H30O3/c1-2-3-4-5-7-10-13-16-17(21-16)14-11-8-6-9-12-15-18(19)20/h6,9,12,15-17H,2-5,7-8,10-11,13-14H2,1H3,(H,19,20)/b9-6+,15-12+. The van der Waals surface area contributed by atoms with Crippen LogP contribution in [0, 0.1) is 0 Å². The molecule has 120 valence electrons. The second-order valence-electron chi connectivity index (χ2n) is 5.83. The SMILES string of the molecule is CCCCCCCCC1OC1CCC/C=C/C=C/C(=O)O. The van der Waals surface area contributed by atoms with E-state index in [1.807, 2.05) is 6.08 Å². The van der Waals surface area contributed by atoms with Gasteiger partial charge < -0.3 is 9.84 Å². The summed E-state index contributed by atoms with van der Waals surface area (Å²) in [6.07, 6.45) is 20.1. The van der Waals surface area contributed by atoms with Gasteiger partial charge in [-0.1, -0.05) is 63.7 Å². The average molecular weight is 294 g/mol. The Kier molecular flexibility index (Phi) is 9.88. The summed E-state index contributed by atoms with van der Waals surface area (Å²) >= 11 is 0. The van der Waals surface area contributed by atoms with Gasteiger partial charge in [-0.2, -0.15) is 0 Å². The van der Waals surface area contributed by atoms with Gasteiger partial charge in [-0.3, -0.25) is 0 Å². The van der Waals surface area contributed by atoms with Crippen LogP contribution in [0.3, 0.4) is 0 Å². The van der Waals surface area contributed by atoms with E-state index in [1.54, 1.807) is 12.2 Å². The first-order chi connectivity index (χ1) is 10.2. The number of unbranched alkanes of at least 4 members (excludes halogenated alkanes) is 6. The Labute approximate surface area is 129 Å². The molecular weight excluding hydrogens is 264 g/mol. The maximum absolute atomic E-state index is 10.2. The molecule has 2 unspecified atom stereocenters. The lowest BCUT2D eigenvalue weighted by molar-refractivity contribution is -0.131. The molecule has 1 heterocycles. The van der Waals surface area contributed by atoms with Crippen molar-refractivity contribution in [2.45, 2.75) is 83.3 Å². The van der Waals surface area contributed by atoms with Crippen molar-refractivity contribution in [2.75, 3.05) is 0 Å². The van der Waals surface area contributed by atoms with E-state index in [9.17, 15) is 4.79 Å². The molecule has 1 aliphatic rings. The predicted octanol–water partition coefficient (Wildman–Crippen LogP) is 4.87. The quantitative estimate of drug-likeness (QED) is 0.228. The van der Waals surface area contributed by atoms with Crippen LogP contribution in [0.25, 0.3) is 0 Å². The number of hydrogen-bond donors (Lipinski definition) is 1. The van der Waals surface area contributed by atoms with Crippen molar-refractivity contribution >= 4 is 5.97 Å². The molecule has 21 heavy (non-hydrogen) atoms. The van der Waals surface area contributed by atoms with Crippen molar-refractivity contribution in [1.82, 2.24) is 0 Å². The number of epoxide rings is 1. The molecule has 0 bridgehead atoms. The minimum atomic E-state index is -0.899. The lowest BCUT2D eigenvalue weighted by Gasteiger charge is -1.98. The van der Waals surface area contributed by atoms with E-state index in [0.29, 0.717) is 12.2 Å². The van der Waals surface area contributed by atoms with Gasteiger partial charge in [0.2, 0.25) is 0 Å². The second kappa shape index (κ2) is 11.6. The first kappa shape index (κ1) is 18.0. The van der Waals surface area contributed by atoms with E-state index < -0.39 is 5.97 Å². The number of carbonyl (C=O) groups is 1. The first-order valence-corrected chi connectivity index (χ1v) is 8.45. The summed E-state index contributed by atoms with van der Waals surface area (Å²) in [4.78, 5) is 10.2. The fourth-order valence-corrected chi connectivity index (χ4v) is 2.56. The van der Waals surface area contributed by atoms with Crippen LogP contribution in [0.5, 0.6) is 0 Å². The van der Waals surface area contributed by atoms with Crippen molar-refractivity contribution in [2.24, 2.45) is 0 Å². The van der Waals surface area contributed by atoms with Crippen LogP contribution in [0.1, 0.15) is 71.1 Å². The molecule has 0 radical (unpaired) electrons. The number of hydrogen-bond acceptors (Lipinski definition) is 2. The van der Waals surface area contributed by atoms with E-state index in [4.69, 9.17) is 9.84 Å². The fraction of sp³-hybridized carbons (Fsp3) is 0.722. The smallest absolute Gasteiger partial charge is 0.328 e. The van der Waals surface area contributed by atoms with E-state index >= 15 is 0 Å². The summed E-state index contributed by atoms with van der Waals surface area (Å²) < 4.78 is 5.69. The fourth-order valence-electron chi connectivity index (χ4n) is 2.56. The van der Waals surface area contributed by atoms with E-state index in [1.165, 1.54) is 44.9 Å². The lowest BCUT2D eigenvalue weighted by Crippen LogP contribution is -1.94. The van der Waals surface area contributed by atoms with Crippen LogP contribution in [0.4, 0.5) is 0 Å². The van der Waals surface area contributed by atoms with Gasteiger partial charge in [0, 0.05) is 6.08 Å². The van der Waals surface area contributed by atoms with Crippen LogP contribution in [-0.2, 0) is 9.53 Å². The molecule has 1 rings (SSSR count). The van der Waals surface area contributed by atoms with Gasteiger partial charge in [-0.25, -0.2) is 4.79 Å². The highest BCUT2D eigenvalue weighted by Crippen LogP contribution is 2.31. The van der Waals surface area contributed by atoms with Gasteiger partial charge >= 0.3 is 5.97 Å². The summed E-state index contributed by atoms with van der Waals surface area (Å²) in [6, 6.07) is 0. The van der Waals surface area contributed by atoms with Crippen molar-refractivity contribution in [3.63, 3.8) is 0 Å². The molecule has 1 saturated heterocycles. The molecule has 0 aliphatic carbocycles. The molecule has 1 N–H and O–H groups in total. The highest BCUT2D eigenvalue weighted by atomic mass is 16.6. The molecule has 0 aromatic carbocycles. The molecular formula is C18H30O3. The summed E-state index contributed by atoms with van der Waals surface area (Å²) in [5.41, 5.74) is 0. The second-order valence-corrected chi connectivity index (χ2v) is 5.83.